The maximum Gasteiger partial charge on any atom is 0.330 e. The zero-order chi connectivity index (χ0) is 22.0. The molecule has 9 nitrogen and oxygen atoms in total. The first-order valence-corrected chi connectivity index (χ1v) is 9.46. The smallest absolute Gasteiger partial charge is 0.330 e. The molecule has 0 unspecified atom stereocenters. The van der Waals surface area contributed by atoms with Gasteiger partial charge in [-0.25, -0.2) is 4.79 Å². The van der Waals surface area contributed by atoms with Gasteiger partial charge in [0.2, 0.25) is 11.6 Å². The molecular weight excluding hydrogens is 386 g/mol. The molecule has 2 heterocycles. The van der Waals surface area contributed by atoms with Crippen LogP contribution in [-0.2, 0) is 16.1 Å². The third-order valence-electron chi connectivity index (χ3n) is 4.75. The molecule has 0 aliphatic carbocycles. The van der Waals surface area contributed by atoms with Gasteiger partial charge in [-0.15, -0.1) is 10.2 Å². The number of rotatable bonds is 7. The van der Waals surface area contributed by atoms with Gasteiger partial charge < -0.3 is 9.72 Å². The highest BCUT2D eigenvalue weighted by atomic mass is 16.5. The van der Waals surface area contributed by atoms with Crippen LogP contribution in [0.3, 0.4) is 0 Å². The van der Waals surface area contributed by atoms with Gasteiger partial charge in [0.15, 0.2) is 18.4 Å². The van der Waals surface area contributed by atoms with Crippen LogP contribution < -0.4 is 0 Å². The highest BCUT2D eigenvalue weighted by molar-refractivity contribution is 6.05. The number of hydrogen-bond donors (Lipinski definition) is 1. The normalized spacial score (nSPS) is 11.9. The van der Waals surface area contributed by atoms with E-state index >= 15 is 0 Å². The number of benzene rings is 1. The van der Waals surface area contributed by atoms with Gasteiger partial charge in [0.1, 0.15) is 0 Å². The minimum Gasteiger partial charge on any atom is -0.453 e. The Balaban J connectivity index is 1.65. The lowest BCUT2D eigenvalue weighted by atomic mass is 10.0. The lowest BCUT2D eigenvalue weighted by molar-refractivity contribution is -0.147. The molecule has 0 saturated carbocycles. The fourth-order valence-electron chi connectivity index (χ4n) is 3.26. The van der Waals surface area contributed by atoms with Crippen LogP contribution in [0.15, 0.2) is 24.3 Å². The molecule has 1 aromatic carbocycles. The van der Waals surface area contributed by atoms with E-state index in [1.54, 1.807) is 13.8 Å². The molecule has 0 saturated heterocycles. The summed E-state index contributed by atoms with van der Waals surface area (Å²) in [6.07, 6.45) is -1.03. The first-order chi connectivity index (χ1) is 14.2. The number of carbonyl (C=O) groups is 3. The first-order valence-electron chi connectivity index (χ1n) is 9.46. The number of Topliss-reactive ketones (excluding diaryl/α,β-unsaturated/α-hetero) is 2. The summed E-state index contributed by atoms with van der Waals surface area (Å²) in [5.74, 6) is -0.826. The maximum atomic E-state index is 12.7. The van der Waals surface area contributed by atoms with Gasteiger partial charge in [0.25, 0.3) is 0 Å². The van der Waals surface area contributed by atoms with E-state index in [9.17, 15) is 14.4 Å². The van der Waals surface area contributed by atoms with Gasteiger partial charge in [0, 0.05) is 16.8 Å². The molecule has 2 aromatic heterocycles. The van der Waals surface area contributed by atoms with Crippen LogP contribution in [0, 0.1) is 20.8 Å². The summed E-state index contributed by atoms with van der Waals surface area (Å²) < 4.78 is 5.24. The van der Waals surface area contributed by atoms with Crippen LogP contribution in [0.25, 0.3) is 11.4 Å². The van der Waals surface area contributed by atoms with E-state index in [1.807, 2.05) is 31.2 Å². The Kier molecular flexibility index (Phi) is 5.91. The molecule has 0 spiro atoms. The minimum absolute atomic E-state index is 0.133. The number of nitrogens with zero attached hydrogens (tertiary/aromatic N) is 4. The fourth-order valence-corrected chi connectivity index (χ4v) is 3.26. The van der Waals surface area contributed by atoms with E-state index in [1.165, 1.54) is 13.8 Å². The Hall–Kier alpha value is -3.62. The Morgan fingerprint density at radius 3 is 2.40 bits per heavy atom. The molecule has 0 amide bonds. The number of tetrazole rings is 1. The van der Waals surface area contributed by atoms with E-state index in [0.29, 0.717) is 22.6 Å². The summed E-state index contributed by atoms with van der Waals surface area (Å²) in [6.45, 7) is 8.03. The molecule has 1 N–H and O–H groups in total. The SMILES string of the molecule is CC(=O)c1c(C)[nH]c(C(=O)[C@H](C)OC(=O)Cn2nnc(-c3ccc(C)cc3)n2)c1C. The highest BCUT2D eigenvalue weighted by Crippen LogP contribution is 2.20. The molecule has 9 heteroatoms. The zero-order valence-electron chi connectivity index (χ0n) is 17.5. The van der Waals surface area contributed by atoms with E-state index in [4.69, 9.17) is 4.74 Å². The van der Waals surface area contributed by atoms with Gasteiger partial charge in [-0.2, -0.15) is 4.80 Å². The number of carbonyl (C=O) groups excluding carboxylic acids is 3. The number of H-pyrrole nitrogens is 1. The largest absolute Gasteiger partial charge is 0.453 e. The first kappa shape index (κ1) is 21.1. The van der Waals surface area contributed by atoms with Crippen molar-refractivity contribution < 1.29 is 19.1 Å². The van der Waals surface area contributed by atoms with Crippen LogP contribution >= 0.6 is 0 Å². The molecule has 0 bridgehead atoms. The lowest BCUT2D eigenvalue weighted by Gasteiger charge is -2.11. The highest BCUT2D eigenvalue weighted by Gasteiger charge is 2.26. The van der Waals surface area contributed by atoms with Crippen LogP contribution in [0.4, 0.5) is 0 Å². The number of esters is 1. The summed E-state index contributed by atoms with van der Waals surface area (Å²) in [5.41, 5.74) is 3.79. The lowest BCUT2D eigenvalue weighted by Crippen LogP contribution is -2.27. The second kappa shape index (κ2) is 8.40. The summed E-state index contributed by atoms with van der Waals surface area (Å²) >= 11 is 0. The third kappa shape index (κ3) is 4.35. The van der Waals surface area contributed by atoms with Crippen molar-refractivity contribution in [2.45, 2.75) is 47.3 Å². The quantitative estimate of drug-likeness (QED) is 0.470. The number of ether oxygens (including phenoxy) is 1. The average molecular weight is 409 g/mol. The Bertz CT molecular complexity index is 1110. The van der Waals surface area contributed by atoms with Crippen LogP contribution in [0.1, 0.15) is 51.5 Å². The predicted molar refractivity (Wildman–Crippen MR) is 108 cm³/mol. The van der Waals surface area contributed by atoms with E-state index in [0.717, 1.165) is 15.9 Å². The minimum atomic E-state index is -1.03. The Morgan fingerprint density at radius 1 is 1.13 bits per heavy atom. The van der Waals surface area contributed by atoms with E-state index in [-0.39, 0.29) is 18.0 Å². The van der Waals surface area contributed by atoms with Crippen LogP contribution in [0.5, 0.6) is 0 Å². The van der Waals surface area contributed by atoms with E-state index in [2.05, 4.69) is 20.4 Å². The molecule has 0 radical (unpaired) electrons. The van der Waals surface area contributed by atoms with Gasteiger partial charge in [-0.1, -0.05) is 29.8 Å². The van der Waals surface area contributed by atoms with Crippen molar-refractivity contribution >= 4 is 17.5 Å². The van der Waals surface area contributed by atoms with Crippen molar-refractivity contribution in [3.63, 3.8) is 0 Å². The number of aromatic amines is 1. The van der Waals surface area contributed by atoms with Gasteiger partial charge >= 0.3 is 5.97 Å². The summed E-state index contributed by atoms with van der Waals surface area (Å²) in [4.78, 5) is 40.7. The summed E-state index contributed by atoms with van der Waals surface area (Å²) in [7, 11) is 0. The molecule has 30 heavy (non-hydrogen) atoms. The van der Waals surface area contributed by atoms with Crippen molar-refractivity contribution in [3.8, 4) is 11.4 Å². The third-order valence-corrected chi connectivity index (χ3v) is 4.75. The predicted octanol–water partition coefficient (Wildman–Crippen LogP) is 2.61. The Labute approximate surface area is 173 Å². The number of aromatic nitrogens is 5. The molecule has 3 rings (SSSR count). The van der Waals surface area contributed by atoms with Crippen molar-refractivity contribution in [3.05, 3.63) is 52.3 Å². The molecular formula is C21H23N5O4. The van der Waals surface area contributed by atoms with Gasteiger partial charge in [-0.05, 0) is 45.4 Å². The Morgan fingerprint density at radius 2 is 1.80 bits per heavy atom. The second-order valence-electron chi connectivity index (χ2n) is 7.19. The van der Waals surface area contributed by atoms with Crippen molar-refractivity contribution in [1.29, 1.82) is 0 Å². The van der Waals surface area contributed by atoms with Crippen molar-refractivity contribution in [2.24, 2.45) is 0 Å². The van der Waals surface area contributed by atoms with Crippen LogP contribution in [0.2, 0.25) is 0 Å². The summed E-state index contributed by atoms with van der Waals surface area (Å²) in [6, 6.07) is 7.59. The topological polar surface area (TPSA) is 120 Å². The monoisotopic (exact) mass is 409 g/mol. The number of ketones is 2. The molecule has 0 aliphatic rings. The van der Waals surface area contributed by atoms with Gasteiger partial charge in [0.05, 0.1) is 5.69 Å². The summed E-state index contributed by atoms with van der Waals surface area (Å²) in [5, 5.41) is 12.0. The van der Waals surface area contributed by atoms with Crippen molar-refractivity contribution in [2.75, 3.05) is 0 Å². The molecule has 156 valence electrons. The number of aryl methyl sites for hydroxylation is 2. The second-order valence-corrected chi connectivity index (χ2v) is 7.19. The fraction of sp³-hybridized carbons (Fsp3) is 0.333. The number of hydrogen-bond acceptors (Lipinski definition) is 7. The standard InChI is InChI=1S/C21H23N5O4/c1-11-6-8-16(9-7-11)21-23-25-26(24-21)10-17(28)30-15(5)20(29)19-12(2)18(14(4)27)13(3)22-19/h6-9,15,22H,10H2,1-5H3/t15-/m0/s1. The molecule has 1 atom stereocenters. The average Bonchev–Trinajstić information content (AvgIpc) is 3.25. The molecule has 0 fully saturated rings. The zero-order valence-corrected chi connectivity index (χ0v) is 17.5. The molecule has 3 aromatic rings. The van der Waals surface area contributed by atoms with Crippen LogP contribution in [-0.4, -0.2) is 48.8 Å². The maximum absolute atomic E-state index is 12.7. The molecule has 0 aliphatic heterocycles. The number of nitrogens with one attached hydrogen (secondary N) is 1. The van der Waals surface area contributed by atoms with Gasteiger partial charge in [-0.3, -0.25) is 9.59 Å². The van der Waals surface area contributed by atoms with E-state index < -0.39 is 17.9 Å². The van der Waals surface area contributed by atoms with Crippen molar-refractivity contribution in [1.82, 2.24) is 25.2 Å².